The van der Waals surface area contributed by atoms with E-state index in [-0.39, 0.29) is 35.7 Å². The number of hydrogen-bond acceptors (Lipinski definition) is 5. The van der Waals surface area contributed by atoms with E-state index < -0.39 is 10.0 Å². The highest BCUT2D eigenvalue weighted by Crippen LogP contribution is 2.43. The molecule has 4 fully saturated rings. The third kappa shape index (κ3) is 5.71. The molecule has 1 aliphatic carbocycles. The summed E-state index contributed by atoms with van der Waals surface area (Å²) in [6, 6.07) is 6.70. The maximum Gasteiger partial charge on any atom is 0.410 e. The van der Waals surface area contributed by atoms with Crippen LogP contribution in [0.3, 0.4) is 0 Å². The van der Waals surface area contributed by atoms with Crippen LogP contribution in [-0.2, 0) is 14.8 Å². The summed E-state index contributed by atoms with van der Waals surface area (Å²) in [5.74, 6) is 0.402. The van der Waals surface area contributed by atoms with Gasteiger partial charge in [0.15, 0.2) is 0 Å². The summed E-state index contributed by atoms with van der Waals surface area (Å²) in [6.45, 7) is 5.25. The van der Waals surface area contributed by atoms with Crippen LogP contribution in [0.1, 0.15) is 71.1 Å². The van der Waals surface area contributed by atoms with E-state index in [0.717, 1.165) is 38.5 Å². The van der Waals surface area contributed by atoms with Gasteiger partial charge in [0, 0.05) is 29.7 Å². The number of amides is 1. The van der Waals surface area contributed by atoms with Crippen LogP contribution < -0.4 is 0 Å². The number of likely N-dealkylation sites (tertiary alicyclic amines) is 2. The molecule has 200 valence electrons. The Morgan fingerprint density at radius 3 is 2.36 bits per heavy atom. The van der Waals surface area contributed by atoms with Gasteiger partial charge in [0.05, 0.1) is 10.9 Å². The third-order valence-corrected chi connectivity index (χ3v) is 10.9. The normalized spacial score (nSPS) is 30.8. The minimum atomic E-state index is -3.72. The first-order valence-corrected chi connectivity index (χ1v) is 15.6. The van der Waals surface area contributed by atoms with Gasteiger partial charge in [-0.15, -0.1) is 0 Å². The Hall–Kier alpha value is -1.35. The molecule has 3 saturated heterocycles. The fourth-order valence-corrected chi connectivity index (χ4v) is 8.60. The number of carbonyl (C=O) groups excluding carboxylic acids is 1. The van der Waals surface area contributed by atoms with Gasteiger partial charge in [-0.2, -0.15) is 4.31 Å². The highest BCUT2D eigenvalue weighted by Gasteiger charge is 2.46. The Bertz CT molecular complexity index is 1010. The average molecular weight is 538 g/mol. The van der Waals surface area contributed by atoms with Crippen LogP contribution in [0.5, 0.6) is 0 Å². The van der Waals surface area contributed by atoms with Gasteiger partial charge >= 0.3 is 6.09 Å². The first-order chi connectivity index (χ1) is 17.3. The number of sulfonamides is 1. The number of piperidine rings is 3. The zero-order chi connectivity index (χ0) is 25.3. The Morgan fingerprint density at radius 1 is 0.972 bits per heavy atom. The Morgan fingerprint density at radius 2 is 1.69 bits per heavy atom. The predicted molar refractivity (Wildman–Crippen MR) is 141 cm³/mol. The molecule has 1 aromatic rings. The summed E-state index contributed by atoms with van der Waals surface area (Å²) in [4.78, 5) is 17.8. The lowest BCUT2D eigenvalue weighted by atomic mass is 9.95. The summed E-state index contributed by atoms with van der Waals surface area (Å²) in [7, 11) is -3.72. The van der Waals surface area contributed by atoms with Crippen LogP contribution in [0.2, 0.25) is 5.02 Å². The topological polar surface area (TPSA) is 70.2 Å². The van der Waals surface area contributed by atoms with Crippen molar-refractivity contribution >= 4 is 27.7 Å². The van der Waals surface area contributed by atoms with Crippen molar-refractivity contribution in [3.63, 3.8) is 0 Å². The molecule has 1 aromatic carbocycles. The summed E-state index contributed by atoms with van der Waals surface area (Å²) < 4.78 is 35.1. The van der Waals surface area contributed by atoms with E-state index in [4.69, 9.17) is 16.3 Å². The van der Waals surface area contributed by atoms with Crippen LogP contribution in [-0.4, -0.2) is 79.0 Å². The van der Waals surface area contributed by atoms with E-state index in [9.17, 15) is 13.2 Å². The zero-order valence-corrected chi connectivity index (χ0v) is 22.9. The van der Waals surface area contributed by atoms with E-state index in [1.165, 1.54) is 32.4 Å². The van der Waals surface area contributed by atoms with E-state index in [1.807, 2.05) is 4.90 Å². The van der Waals surface area contributed by atoms with Gasteiger partial charge < -0.3 is 14.5 Å². The molecule has 0 spiro atoms. The molecule has 0 radical (unpaired) electrons. The second-order valence-corrected chi connectivity index (χ2v) is 13.5. The Kier molecular flexibility index (Phi) is 8.15. The molecular weight excluding hydrogens is 498 g/mol. The maximum atomic E-state index is 13.8. The van der Waals surface area contributed by atoms with E-state index >= 15 is 0 Å². The van der Waals surface area contributed by atoms with Crippen molar-refractivity contribution in [1.82, 2.24) is 14.1 Å². The van der Waals surface area contributed by atoms with E-state index in [0.29, 0.717) is 29.9 Å². The number of ether oxygens (including phenoxy) is 1. The first-order valence-electron chi connectivity index (χ1n) is 13.8. The second kappa shape index (κ2) is 11.2. The Balaban J connectivity index is 1.24. The lowest BCUT2D eigenvalue weighted by Crippen LogP contribution is -2.54. The Labute approximate surface area is 221 Å². The first kappa shape index (κ1) is 26.3. The molecular formula is C27H40ClN3O4S. The number of rotatable bonds is 6. The van der Waals surface area contributed by atoms with Crippen LogP contribution in [0.4, 0.5) is 4.79 Å². The van der Waals surface area contributed by atoms with Gasteiger partial charge in [0.25, 0.3) is 0 Å². The van der Waals surface area contributed by atoms with Crippen molar-refractivity contribution in [2.45, 2.75) is 100 Å². The van der Waals surface area contributed by atoms with Crippen molar-refractivity contribution in [2.75, 3.05) is 26.2 Å². The molecule has 0 aromatic heterocycles. The SMILES string of the molecule is CC1CC(N2CCCCC2)CCN1C(=O)OC[C@H]1CCC[C@@H](C2CC2)N1S(=O)(=O)c1ccc(Cl)cc1. The summed E-state index contributed by atoms with van der Waals surface area (Å²) in [5.41, 5.74) is 0. The summed E-state index contributed by atoms with van der Waals surface area (Å²) in [6.07, 6.45) is 10.2. The van der Waals surface area contributed by atoms with E-state index in [1.54, 1.807) is 28.6 Å². The van der Waals surface area contributed by atoms with Crippen LogP contribution in [0.15, 0.2) is 29.2 Å². The van der Waals surface area contributed by atoms with Crippen molar-refractivity contribution < 1.29 is 17.9 Å². The minimum Gasteiger partial charge on any atom is -0.448 e. The predicted octanol–water partition coefficient (Wildman–Crippen LogP) is 5.14. The second-order valence-electron chi connectivity index (χ2n) is 11.2. The van der Waals surface area contributed by atoms with Gasteiger partial charge in [-0.25, -0.2) is 13.2 Å². The lowest BCUT2D eigenvalue weighted by molar-refractivity contribution is 0.0270. The largest absolute Gasteiger partial charge is 0.448 e. The van der Waals surface area contributed by atoms with Crippen LogP contribution >= 0.6 is 11.6 Å². The number of benzene rings is 1. The van der Waals surface area contributed by atoms with Gasteiger partial charge in [-0.05, 0) is 102 Å². The van der Waals surface area contributed by atoms with Gasteiger partial charge in [0.2, 0.25) is 10.0 Å². The van der Waals surface area contributed by atoms with Gasteiger partial charge in [0.1, 0.15) is 6.61 Å². The molecule has 0 N–H and O–H groups in total. The standard InChI is InChI=1S/C27H40ClN3O4S/c1-20-18-23(29-15-3-2-4-16-29)14-17-30(20)27(32)35-19-24-6-5-7-26(21-8-9-21)31(24)36(33,34)25-12-10-22(28)11-13-25/h10-13,20-21,23-24,26H,2-9,14-19H2,1H3/t20?,23?,24-,26+/m1/s1. The highest BCUT2D eigenvalue weighted by atomic mass is 35.5. The molecule has 1 amide bonds. The van der Waals surface area contributed by atoms with Crippen LogP contribution in [0, 0.1) is 5.92 Å². The van der Waals surface area contributed by atoms with Gasteiger partial charge in [-0.1, -0.05) is 24.4 Å². The molecule has 1 saturated carbocycles. The number of halogens is 1. The average Bonchev–Trinajstić information content (AvgIpc) is 3.73. The molecule has 4 atom stereocenters. The molecule has 9 heteroatoms. The lowest BCUT2D eigenvalue weighted by Gasteiger charge is -2.44. The van der Waals surface area contributed by atoms with Crippen molar-refractivity contribution in [2.24, 2.45) is 5.92 Å². The van der Waals surface area contributed by atoms with Crippen molar-refractivity contribution in [3.05, 3.63) is 29.3 Å². The fraction of sp³-hybridized carbons (Fsp3) is 0.741. The molecule has 0 bridgehead atoms. The molecule has 36 heavy (non-hydrogen) atoms. The van der Waals surface area contributed by atoms with Crippen LogP contribution in [0.25, 0.3) is 0 Å². The smallest absolute Gasteiger partial charge is 0.410 e. The number of nitrogens with zero attached hydrogens (tertiary/aromatic N) is 3. The minimum absolute atomic E-state index is 0.0256. The van der Waals surface area contributed by atoms with Crippen molar-refractivity contribution in [3.8, 4) is 0 Å². The monoisotopic (exact) mass is 537 g/mol. The molecule has 5 rings (SSSR count). The molecule has 3 aliphatic heterocycles. The molecule has 7 nitrogen and oxygen atoms in total. The zero-order valence-electron chi connectivity index (χ0n) is 21.4. The quantitative estimate of drug-likeness (QED) is 0.502. The molecule has 4 aliphatic rings. The maximum absolute atomic E-state index is 13.8. The van der Waals surface area contributed by atoms with Gasteiger partial charge in [-0.3, -0.25) is 0 Å². The fourth-order valence-electron chi connectivity index (χ4n) is 6.56. The number of carbonyl (C=O) groups is 1. The van der Waals surface area contributed by atoms with Crippen molar-refractivity contribution in [1.29, 1.82) is 0 Å². The molecule has 3 heterocycles. The van der Waals surface area contributed by atoms with E-state index in [2.05, 4.69) is 11.8 Å². The summed E-state index contributed by atoms with van der Waals surface area (Å²) >= 11 is 6.02. The summed E-state index contributed by atoms with van der Waals surface area (Å²) in [5, 5.41) is 0.509. The third-order valence-electron chi connectivity index (χ3n) is 8.67. The number of hydrogen-bond donors (Lipinski definition) is 0. The highest BCUT2D eigenvalue weighted by molar-refractivity contribution is 7.89. The molecule has 2 unspecified atom stereocenters.